The molecule has 0 atom stereocenters. The summed E-state index contributed by atoms with van der Waals surface area (Å²) < 4.78 is 0. The number of hydrogen-bond donors (Lipinski definition) is 1. The Bertz CT molecular complexity index is 324. The molecule has 16 heavy (non-hydrogen) atoms. The van der Waals surface area contributed by atoms with E-state index in [0.717, 1.165) is 5.69 Å². The van der Waals surface area contributed by atoms with Gasteiger partial charge in [-0.3, -0.25) is 9.69 Å². The molecule has 0 aliphatic heterocycles. The van der Waals surface area contributed by atoms with Crippen LogP contribution in [0.2, 0.25) is 0 Å². The lowest BCUT2D eigenvalue weighted by molar-refractivity contribution is -0.129. The molecule has 0 aromatic heterocycles. The zero-order valence-corrected chi connectivity index (χ0v) is 10.1. The second kappa shape index (κ2) is 6.12. The second-order valence-corrected chi connectivity index (χ2v) is 4.00. The van der Waals surface area contributed by atoms with E-state index < -0.39 is 0 Å². The van der Waals surface area contributed by atoms with E-state index in [2.05, 4.69) is 5.32 Å². The molecule has 0 fully saturated rings. The number of likely N-dealkylation sites (N-methyl/N-ethyl adjacent to an activating group) is 2. The summed E-state index contributed by atoms with van der Waals surface area (Å²) >= 11 is 0. The highest BCUT2D eigenvalue weighted by Crippen LogP contribution is 2.04. The van der Waals surface area contributed by atoms with Crippen LogP contribution in [-0.4, -0.2) is 50.1 Å². The van der Waals surface area contributed by atoms with Gasteiger partial charge in [0.15, 0.2) is 0 Å². The Balaban J connectivity index is 2.30. The Labute approximate surface area is 96.9 Å². The van der Waals surface area contributed by atoms with Crippen LogP contribution in [0.4, 0.5) is 5.69 Å². The van der Waals surface area contributed by atoms with Gasteiger partial charge in [-0.1, -0.05) is 18.2 Å². The van der Waals surface area contributed by atoms with Gasteiger partial charge in [-0.25, -0.2) is 0 Å². The number of nitrogens with one attached hydrogen (secondary N) is 1. The van der Waals surface area contributed by atoms with Crippen molar-refractivity contribution in [1.82, 2.24) is 9.80 Å². The standard InChI is InChI=1S/C12H19N3O/c1-14(2)12(16)9-15(3)10-13-11-7-5-4-6-8-11/h4-8,13H,9-10H2,1-3H3. The summed E-state index contributed by atoms with van der Waals surface area (Å²) in [6.45, 7) is 1.08. The Morgan fingerprint density at radius 3 is 2.38 bits per heavy atom. The molecule has 1 aromatic rings. The molecule has 1 amide bonds. The molecule has 0 heterocycles. The molecule has 0 spiro atoms. The van der Waals surface area contributed by atoms with Gasteiger partial charge in [0.2, 0.25) is 5.91 Å². The summed E-state index contributed by atoms with van der Waals surface area (Å²) in [7, 11) is 5.44. The molecule has 0 unspecified atom stereocenters. The van der Waals surface area contributed by atoms with Crippen molar-refractivity contribution in [2.75, 3.05) is 39.7 Å². The third-order valence-electron chi connectivity index (χ3n) is 2.23. The quantitative estimate of drug-likeness (QED) is 0.756. The molecule has 1 rings (SSSR count). The number of anilines is 1. The average molecular weight is 221 g/mol. The maximum atomic E-state index is 11.4. The first-order chi connectivity index (χ1) is 7.59. The van der Waals surface area contributed by atoms with Gasteiger partial charge in [-0.15, -0.1) is 0 Å². The molecule has 88 valence electrons. The molecule has 1 N–H and O–H groups in total. The highest BCUT2D eigenvalue weighted by molar-refractivity contribution is 5.77. The predicted octanol–water partition coefficient (Wildman–Crippen LogP) is 1.08. The van der Waals surface area contributed by atoms with Gasteiger partial charge in [0.1, 0.15) is 0 Å². The van der Waals surface area contributed by atoms with E-state index >= 15 is 0 Å². The van der Waals surface area contributed by atoms with Gasteiger partial charge in [0.25, 0.3) is 0 Å². The van der Waals surface area contributed by atoms with Gasteiger partial charge in [0.05, 0.1) is 13.2 Å². The van der Waals surface area contributed by atoms with Crippen LogP contribution in [0, 0.1) is 0 Å². The van der Waals surface area contributed by atoms with Crippen LogP contribution in [0.3, 0.4) is 0 Å². The number of rotatable bonds is 5. The number of nitrogens with zero attached hydrogens (tertiary/aromatic N) is 2. The van der Waals surface area contributed by atoms with Crippen molar-refractivity contribution < 1.29 is 4.79 Å². The maximum Gasteiger partial charge on any atom is 0.236 e. The smallest absolute Gasteiger partial charge is 0.236 e. The first kappa shape index (κ1) is 12.5. The number of benzene rings is 1. The minimum atomic E-state index is 0.109. The van der Waals surface area contributed by atoms with Crippen LogP contribution >= 0.6 is 0 Å². The normalized spacial score (nSPS) is 10.2. The van der Waals surface area contributed by atoms with E-state index in [1.807, 2.05) is 42.3 Å². The van der Waals surface area contributed by atoms with Crippen LogP contribution in [-0.2, 0) is 4.79 Å². The van der Waals surface area contributed by atoms with Crippen molar-refractivity contribution in [2.45, 2.75) is 0 Å². The van der Waals surface area contributed by atoms with Crippen LogP contribution < -0.4 is 5.32 Å². The molecule has 0 radical (unpaired) electrons. The lowest BCUT2D eigenvalue weighted by Gasteiger charge is -2.19. The van der Waals surface area contributed by atoms with Crippen molar-refractivity contribution in [3.8, 4) is 0 Å². The highest BCUT2D eigenvalue weighted by Gasteiger charge is 2.07. The van der Waals surface area contributed by atoms with Crippen molar-refractivity contribution >= 4 is 11.6 Å². The van der Waals surface area contributed by atoms with E-state index in [9.17, 15) is 4.79 Å². The Morgan fingerprint density at radius 2 is 1.81 bits per heavy atom. The van der Waals surface area contributed by atoms with E-state index in [1.54, 1.807) is 19.0 Å². The maximum absolute atomic E-state index is 11.4. The van der Waals surface area contributed by atoms with E-state index in [-0.39, 0.29) is 5.91 Å². The topological polar surface area (TPSA) is 35.6 Å². The van der Waals surface area contributed by atoms with Crippen LogP contribution in [0.25, 0.3) is 0 Å². The number of hydrogen-bond acceptors (Lipinski definition) is 3. The number of amides is 1. The van der Waals surface area contributed by atoms with Crippen molar-refractivity contribution in [1.29, 1.82) is 0 Å². The third-order valence-corrected chi connectivity index (χ3v) is 2.23. The van der Waals surface area contributed by atoms with E-state index in [4.69, 9.17) is 0 Å². The molecule has 4 nitrogen and oxygen atoms in total. The van der Waals surface area contributed by atoms with Crippen LogP contribution in [0.15, 0.2) is 30.3 Å². The van der Waals surface area contributed by atoms with E-state index in [0.29, 0.717) is 13.2 Å². The summed E-state index contributed by atoms with van der Waals surface area (Å²) in [6, 6.07) is 9.94. The second-order valence-electron chi connectivity index (χ2n) is 4.00. The predicted molar refractivity (Wildman–Crippen MR) is 66.3 cm³/mol. The van der Waals surface area contributed by atoms with Crippen LogP contribution in [0.1, 0.15) is 0 Å². The van der Waals surface area contributed by atoms with Gasteiger partial charge < -0.3 is 10.2 Å². The van der Waals surface area contributed by atoms with Crippen LogP contribution in [0.5, 0.6) is 0 Å². The minimum Gasteiger partial charge on any atom is -0.372 e. The molecule has 1 aromatic carbocycles. The van der Waals surface area contributed by atoms with Crippen molar-refractivity contribution in [3.63, 3.8) is 0 Å². The molecule has 0 aliphatic rings. The zero-order chi connectivity index (χ0) is 12.0. The number of para-hydroxylation sites is 1. The van der Waals surface area contributed by atoms with Gasteiger partial charge >= 0.3 is 0 Å². The Hall–Kier alpha value is -1.55. The lowest BCUT2D eigenvalue weighted by atomic mass is 10.3. The van der Waals surface area contributed by atoms with Crippen molar-refractivity contribution in [2.24, 2.45) is 0 Å². The molecule has 0 aliphatic carbocycles. The molecule has 0 saturated carbocycles. The molecule has 0 bridgehead atoms. The first-order valence-electron chi connectivity index (χ1n) is 5.27. The molecular formula is C12H19N3O. The summed E-state index contributed by atoms with van der Waals surface area (Å²) in [4.78, 5) is 15.0. The number of carbonyl (C=O) groups is 1. The third kappa shape index (κ3) is 4.31. The summed E-state index contributed by atoms with van der Waals surface area (Å²) in [5.74, 6) is 0.109. The molecular weight excluding hydrogens is 202 g/mol. The first-order valence-corrected chi connectivity index (χ1v) is 5.27. The molecule has 4 heteroatoms. The van der Waals surface area contributed by atoms with Crippen molar-refractivity contribution in [3.05, 3.63) is 30.3 Å². The van der Waals surface area contributed by atoms with Gasteiger partial charge in [-0.05, 0) is 19.2 Å². The fourth-order valence-electron chi connectivity index (χ4n) is 1.21. The fraction of sp³-hybridized carbons (Fsp3) is 0.417. The summed E-state index contributed by atoms with van der Waals surface area (Å²) in [6.07, 6.45) is 0. The Morgan fingerprint density at radius 1 is 1.19 bits per heavy atom. The van der Waals surface area contributed by atoms with E-state index in [1.165, 1.54) is 0 Å². The van der Waals surface area contributed by atoms with Gasteiger partial charge in [-0.2, -0.15) is 0 Å². The zero-order valence-electron chi connectivity index (χ0n) is 10.1. The minimum absolute atomic E-state index is 0.109. The SMILES string of the molecule is CN(CNc1ccccc1)CC(=O)N(C)C. The fourth-order valence-corrected chi connectivity index (χ4v) is 1.21. The number of carbonyl (C=O) groups excluding carboxylic acids is 1. The highest BCUT2D eigenvalue weighted by atomic mass is 16.2. The lowest BCUT2D eigenvalue weighted by Crippen LogP contribution is -2.36. The Kier molecular flexibility index (Phi) is 4.79. The monoisotopic (exact) mass is 221 g/mol. The average Bonchev–Trinajstić information content (AvgIpc) is 2.27. The summed E-state index contributed by atoms with van der Waals surface area (Å²) in [5, 5.41) is 3.24. The summed E-state index contributed by atoms with van der Waals surface area (Å²) in [5.41, 5.74) is 1.06. The van der Waals surface area contributed by atoms with Gasteiger partial charge in [0, 0.05) is 19.8 Å². The largest absolute Gasteiger partial charge is 0.372 e. The molecule has 0 saturated heterocycles.